The van der Waals surface area contributed by atoms with Crippen LogP contribution in [-0.2, 0) is 12.8 Å². The number of aromatic nitrogens is 2. The average Bonchev–Trinajstić information content (AvgIpc) is 2.82. The van der Waals surface area contributed by atoms with Gasteiger partial charge in [0.05, 0.1) is 17.7 Å². The first-order chi connectivity index (χ1) is 9.16. The van der Waals surface area contributed by atoms with E-state index in [-0.39, 0.29) is 0 Å². The zero-order valence-electron chi connectivity index (χ0n) is 10.4. The minimum Gasteiger partial charge on any atom is -0.389 e. The second-order valence-corrected chi connectivity index (χ2v) is 5.62. The van der Waals surface area contributed by atoms with Crippen molar-refractivity contribution >= 4 is 28.8 Å². The summed E-state index contributed by atoms with van der Waals surface area (Å²) in [4.78, 5) is 4.86. The van der Waals surface area contributed by atoms with E-state index in [1.807, 2.05) is 24.5 Å². The molecular formula is C14H14ClN3S. The molecule has 2 aromatic rings. The van der Waals surface area contributed by atoms with Crippen LogP contribution in [0.2, 0.25) is 5.02 Å². The predicted molar refractivity (Wildman–Crippen MR) is 81.1 cm³/mol. The van der Waals surface area contributed by atoms with Crippen molar-refractivity contribution in [2.75, 3.05) is 0 Å². The van der Waals surface area contributed by atoms with Crippen LogP contribution >= 0.6 is 23.8 Å². The van der Waals surface area contributed by atoms with Crippen molar-refractivity contribution in [3.63, 3.8) is 0 Å². The number of hydrogen-bond donors (Lipinski definition) is 1. The number of benzene rings is 1. The highest BCUT2D eigenvalue weighted by molar-refractivity contribution is 7.80. The molecule has 0 fully saturated rings. The topological polar surface area (TPSA) is 43.8 Å². The molecule has 2 N–H and O–H groups in total. The summed E-state index contributed by atoms with van der Waals surface area (Å²) in [6.45, 7) is 0. The molecule has 0 spiro atoms. The number of aryl methyl sites for hydroxylation is 1. The highest BCUT2D eigenvalue weighted by Gasteiger charge is 2.18. The molecule has 98 valence electrons. The molecule has 1 aromatic heterocycles. The highest BCUT2D eigenvalue weighted by atomic mass is 35.5. The Morgan fingerprint density at radius 3 is 2.89 bits per heavy atom. The molecule has 0 saturated carbocycles. The molecule has 0 amide bonds. The van der Waals surface area contributed by atoms with Gasteiger partial charge in [0.25, 0.3) is 0 Å². The van der Waals surface area contributed by atoms with E-state index in [9.17, 15) is 0 Å². The summed E-state index contributed by atoms with van der Waals surface area (Å²) in [5.74, 6) is 0. The van der Waals surface area contributed by atoms with Crippen LogP contribution in [0.5, 0.6) is 0 Å². The van der Waals surface area contributed by atoms with Crippen molar-refractivity contribution in [2.45, 2.75) is 25.7 Å². The third-order valence-corrected chi connectivity index (χ3v) is 3.97. The molecule has 1 aliphatic rings. The molecule has 0 aliphatic heterocycles. The summed E-state index contributed by atoms with van der Waals surface area (Å²) in [5.41, 5.74) is 10.0. The van der Waals surface area contributed by atoms with Gasteiger partial charge < -0.3 is 10.3 Å². The first-order valence-electron chi connectivity index (χ1n) is 6.31. The van der Waals surface area contributed by atoms with E-state index in [1.165, 1.54) is 24.2 Å². The summed E-state index contributed by atoms with van der Waals surface area (Å²) in [7, 11) is 0. The molecule has 0 atom stereocenters. The maximum atomic E-state index is 6.03. The van der Waals surface area contributed by atoms with Gasteiger partial charge in [-0.2, -0.15) is 0 Å². The van der Waals surface area contributed by atoms with Crippen LogP contribution in [0.3, 0.4) is 0 Å². The summed E-state index contributed by atoms with van der Waals surface area (Å²) in [5, 5.41) is 0.639. The summed E-state index contributed by atoms with van der Waals surface area (Å²) < 4.78 is 2.10. The SMILES string of the molecule is NC(=S)c1cc(Cl)ccc1-n1cnc2c1CCCC2. The van der Waals surface area contributed by atoms with Gasteiger partial charge >= 0.3 is 0 Å². The molecule has 0 saturated heterocycles. The molecule has 1 heterocycles. The maximum absolute atomic E-state index is 6.03. The van der Waals surface area contributed by atoms with Crippen molar-refractivity contribution in [3.05, 3.63) is 46.5 Å². The predicted octanol–water partition coefficient (Wildman–Crippen LogP) is 3.04. The molecule has 5 heteroatoms. The van der Waals surface area contributed by atoms with Gasteiger partial charge in [0.15, 0.2) is 0 Å². The number of nitrogens with zero attached hydrogens (tertiary/aromatic N) is 2. The van der Waals surface area contributed by atoms with Gasteiger partial charge in [-0.25, -0.2) is 4.98 Å². The van der Waals surface area contributed by atoms with Crippen molar-refractivity contribution in [3.8, 4) is 5.69 Å². The quantitative estimate of drug-likeness (QED) is 0.865. The molecular weight excluding hydrogens is 278 g/mol. The Balaban J connectivity index is 2.17. The van der Waals surface area contributed by atoms with Gasteiger partial charge in [0.1, 0.15) is 4.99 Å². The standard InChI is InChI=1S/C14H14ClN3S/c15-9-5-6-12(10(7-9)14(16)19)18-8-17-11-3-1-2-4-13(11)18/h5-8H,1-4H2,(H2,16,19). The Hall–Kier alpha value is -1.39. The monoisotopic (exact) mass is 291 g/mol. The Kier molecular flexibility index (Phi) is 3.29. The smallest absolute Gasteiger partial charge is 0.106 e. The van der Waals surface area contributed by atoms with E-state index >= 15 is 0 Å². The van der Waals surface area contributed by atoms with E-state index < -0.39 is 0 Å². The summed E-state index contributed by atoms with van der Waals surface area (Å²) in [6.07, 6.45) is 6.38. The van der Waals surface area contributed by atoms with Crippen molar-refractivity contribution in [1.29, 1.82) is 0 Å². The van der Waals surface area contributed by atoms with E-state index in [1.54, 1.807) is 0 Å². The second-order valence-electron chi connectivity index (χ2n) is 4.74. The molecule has 3 rings (SSSR count). The zero-order valence-corrected chi connectivity index (χ0v) is 12.0. The van der Waals surface area contributed by atoms with E-state index in [2.05, 4.69) is 9.55 Å². The molecule has 1 aromatic carbocycles. The third kappa shape index (κ3) is 2.26. The summed E-state index contributed by atoms with van der Waals surface area (Å²) in [6, 6.07) is 5.62. The Labute approximate surface area is 122 Å². The lowest BCUT2D eigenvalue weighted by Gasteiger charge is -2.16. The minimum atomic E-state index is 0.357. The minimum absolute atomic E-state index is 0.357. The normalized spacial score (nSPS) is 14.2. The zero-order chi connectivity index (χ0) is 13.4. The van der Waals surface area contributed by atoms with E-state index in [4.69, 9.17) is 29.6 Å². The molecule has 1 aliphatic carbocycles. The van der Waals surface area contributed by atoms with Crippen LogP contribution in [0, 0.1) is 0 Å². The van der Waals surface area contributed by atoms with Crippen molar-refractivity contribution in [2.24, 2.45) is 5.73 Å². The van der Waals surface area contributed by atoms with E-state index in [0.717, 1.165) is 24.1 Å². The Morgan fingerprint density at radius 1 is 1.32 bits per heavy atom. The number of thiocarbonyl (C=S) groups is 1. The maximum Gasteiger partial charge on any atom is 0.106 e. The summed E-state index contributed by atoms with van der Waals surface area (Å²) >= 11 is 11.1. The van der Waals surface area contributed by atoms with Crippen LogP contribution < -0.4 is 5.73 Å². The van der Waals surface area contributed by atoms with Gasteiger partial charge in [-0.3, -0.25) is 0 Å². The average molecular weight is 292 g/mol. The molecule has 0 bridgehead atoms. The van der Waals surface area contributed by atoms with E-state index in [0.29, 0.717) is 10.0 Å². The van der Waals surface area contributed by atoms with Crippen LogP contribution in [0.25, 0.3) is 5.69 Å². The number of imidazole rings is 1. The number of fused-ring (bicyclic) bond motifs is 1. The van der Waals surface area contributed by atoms with Gasteiger partial charge in [-0.15, -0.1) is 0 Å². The van der Waals surface area contributed by atoms with Crippen molar-refractivity contribution < 1.29 is 0 Å². The van der Waals surface area contributed by atoms with Crippen LogP contribution in [-0.4, -0.2) is 14.5 Å². The molecule has 0 unspecified atom stereocenters. The van der Waals surface area contributed by atoms with Crippen LogP contribution in [0.1, 0.15) is 29.8 Å². The number of halogens is 1. The first-order valence-corrected chi connectivity index (χ1v) is 7.10. The van der Waals surface area contributed by atoms with Gasteiger partial charge in [0.2, 0.25) is 0 Å². The lowest BCUT2D eigenvalue weighted by Crippen LogP contribution is -2.15. The number of rotatable bonds is 2. The van der Waals surface area contributed by atoms with Crippen molar-refractivity contribution in [1.82, 2.24) is 9.55 Å². The van der Waals surface area contributed by atoms with Gasteiger partial charge in [0, 0.05) is 16.3 Å². The van der Waals surface area contributed by atoms with Crippen LogP contribution in [0.4, 0.5) is 0 Å². The Bertz CT molecular complexity index is 648. The molecule has 19 heavy (non-hydrogen) atoms. The first kappa shape index (κ1) is 12.6. The highest BCUT2D eigenvalue weighted by Crippen LogP contribution is 2.26. The fourth-order valence-electron chi connectivity index (χ4n) is 2.59. The van der Waals surface area contributed by atoms with Gasteiger partial charge in [-0.05, 0) is 43.9 Å². The number of nitrogens with two attached hydrogens (primary N) is 1. The third-order valence-electron chi connectivity index (χ3n) is 3.51. The lowest BCUT2D eigenvalue weighted by atomic mass is 10.0. The largest absolute Gasteiger partial charge is 0.389 e. The second kappa shape index (κ2) is 4.94. The molecule has 3 nitrogen and oxygen atoms in total. The van der Waals surface area contributed by atoms with Gasteiger partial charge in [-0.1, -0.05) is 23.8 Å². The number of hydrogen-bond acceptors (Lipinski definition) is 2. The fourth-order valence-corrected chi connectivity index (χ4v) is 2.93. The van der Waals surface area contributed by atoms with Crippen LogP contribution in [0.15, 0.2) is 24.5 Å². The Morgan fingerprint density at radius 2 is 2.11 bits per heavy atom. The fraction of sp³-hybridized carbons (Fsp3) is 0.286. The lowest BCUT2D eigenvalue weighted by molar-refractivity contribution is 0.656. The molecule has 0 radical (unpaired) electrons.